The second kappa shape index (κ2) is 8.82. The number of rotatable bonds is 5. The molecule has 4 rings (SSSR count). The fourth-order valence-corrected chi connectivity index (χ4v) is 3.72. The lowest BCUT2D eigenvalue weighted by molar-refractivity contribution is -0.121. The van der Waals surface area contributed by atoms with E-state index in [0.717, 1.165) is 23.2 Å². The lowest BCUT2D eigenvalue weighted by Crippen LogP contribution is -2.46. The summed E-state index contributed by atoms with van der Waals surface area (Å²) >= 11 is 0. The Balaban J connectivity index is 1.54. The van der Waals surface area contributed by atoms with Gasteiger partial charge in [0.05, 0.1) is 11.9 Å². The minimum atomic E-state index is -0.586. The number of nitrogens with one attached hydrogen (secondary N) is 1. The van der Waals surface area contributed by atoms with Crippen LogP contribution < -0.4 is 4.90 Å². The van der Waals surface area contributed by atoms with E-state index in [1.807, 2.05) is 61.5 Å². The molecular formula is C23H24N4O3. The fourth-order valence-electron chi connectivity index (χ4n) is 3.72. The van der Waals surface area contributed by atoms with Gasteiger partial charge in [0.15, 0.2) is 0 Å². The number of hydrogen-bond donors (Lipinski definition) is 1. The number of carbonyl (C=O) groups excluding carboxylic acids is 2. The zero-order valence-electron chi connectivity index (χ0n) is 16.8. The molecule has 3 aromatic rings. The summed E-state index contributed by atoms with van der Waals surface area (Å²) in [4.78, 5) is 29.4. The van der Waals surface area contributed by atoms with Crippen LogP contribution >= 0.6 is 0 Å². The van der Waals surface area contributed by atoms with Crippen LogP contribution in [0.25, 0.3) is 0 Å². The molecule has 7 nitrogen and oxygen atoms in total. The highest BCUT2D eigenvalue weighted by Crippen LogP contribution is 2.29. The molecule has 154 valence electrons. The first-order valence-electron chi connectivity index (χ1n) is 10.0. The molecule has 1 aromatic heterocycles. The summed E-state index contributed by atoms with van der Waals surface area (Å²) in [5.41, 5.74) is 2.68. The van der Waals surface area contributed by atoms with Gasteiger partial charge in [-0.2, -0.15) is 5.10 Å². The quantitative estimate of drug-likeness (QED) is 0.692. The number of nitrogens with zero attached hydrogens (tertiary/aromatic N) is 3. The average Bonchev–Trinajstić information content (AvgIpc) is 3.45. The van der Waals surface area contributed by atoms with Crippen molar-refractivity contribution >= 4 is 23.5 Å². The minimum Gasteiger partial charge on any atom is -0.445 e. The zero-order chi connectivity index (χ0) is 20.9. The van der Waals surface area contributed by atoms with Crippen LogP contribution in [0.3, 0.4) is 0 Å². The number of H-pyrrole nitrogens is 1. The van der Waals surface area contributed by atoms with E-state index in [2.05, 4.69) is 10.2 Å². The third-order valence-corrected chi connectivity index (χ3v) is 5.18. The van der Waals surface area contributed by atoms with E-state index in [4.69, 9.17) is 4.74 Å². The first-order chi connectivity index (χ1) is 14.6. The SMILES string of the molecule is Cc1cccc(N(C(=O)C2CCCN2C(=O)OCc2ccccc2)c2ccn[nH]2)c1. The highest BCUT2D eigenvalue weighted by Gasteiger charge is 2.38. The molecular weight excluding hydrogens is 380 g/mol. The first-order valence-corrected chi connectivity index (χ1v) is 10.0. The Bertz CT molecular complexity index is 1000. The fraction of sp³-hybridized carbons (Fsp3) is 0.261. The van der Waals surface area contributed by atoms with Crippen molar-refractivity contribution in [1.29, 1.82) is 0 Å². The van der Waals surface area contributed by atoms with Crippen molar-refractivity contribution in [2.75, 3.05) is 11.4 Å². The van der Waals surface area contributed by atoms with E-state index < -0.39 is 12.1 Å². The number of anilines is 2. The van der Waals surface area contributed by atoms with Crippen LogP contribution in [0.5, 0.6) is 0 Å². The van der Waals surface area contributed by atoms with E-state index in [0.29, 0.717) is 18.8 Å². The molecule has 7 heteroatoms. The molecule has 0 spiro atoms. The number of hydrogen-bond acceptors (Lipinski definition) is 4. The van der Waals surface area contributed by atoms with Crippen LogP contribution in [-0.2, 0) is 16.1 Å². The Hall–Kier alpha value is -3.61. The molecule has 1 fully saturated rings. The normalized spacial score (nSPS) is 15.8. The molecule has 2 amide bonds. The predicted octanol–water partition coefficient (Wildman–Crippen LogP) is 4.18. The Morgan fingerprint density at radius 3 is 2.73 bits per heavy atom. The van der Waals surface area contributed by atoms with Crippen LogP contribution in [0.15, 0.2) is 66.9 Å². The number of likely N-dealkylation sites (tertiary alicyclic amines) is 1. The highest BCUT2D eigenvalue weighted by atomic mass is 16.6. The number of amides is 2. The second-order valence-electron chi connectivity index (χ2n) is 7.35. The van der Waals surface area contributed by atoms with Crippen LogP contribution in [0.2, 0.25) is 0 Å². The molecule has 0 aliphatic carbocycles. The third kappa shape index (κ3) is 4.20. The molecule has 2 heterocycles. The Labute approximate surface area is 175 Å². The summed E-state index contributed by atoms with van der Waals surface area (Å²) in [6.45, 7) is 2.65. The second-order valence-corrected chi connectivity index (χ2v) is 7.35. The summed E-state index contributed by atoms with van der Waals surface area (Å²) in [6.07, 6.45) is 2.48. The van der Waals surface area contributed by atoms with Gasteiger partial charge in [0.25, 0.3) is 5.91 Å². The van der Waals surface area contributed by atoms with Gasteiger partial charge in [-0.3, -0.25) is 19.7 Å². The monoisotopic (exact) mass is 404 g/mol. The molecule has 0 saturated carbocycles. The smallest absolute Gasteiger partial charge is 0.410 e. The molecule has 1 aliphatic heterocycles. The molecule has 1 aliphatic rings. The van der Waals surface area contributed by atoms with E-state index >= 15 is 0 Å². The van der Waals surface area contributed by atoms with Gasteiger partial charge in [0, 0.05) is 12.6 Å². The first kappa shape index (κ1) is 19.7. The maximum Gasteiger partial charge on any atom is 0.410 e. The van der Waals surface area contributed by atoms with Gasteiger partial charge in [0.1, 0.15) is 18.5 Å². The summed E-state index contributed by atoms with van der Waals surface area (Å²) in [5.74, 6) is 0.383. The predicted molar refractivity (Wildman–Crippen MR) is 113 cm³/mol. The summed E-state index contributed by atoms with van der Waals surface area (Å²) in [7, 11) is 0. The summed E-state index contributed by atoms with van der Waals surface area (Å²) in [6, 6.07) is 18.4. The molecule has 0 radical (unpaired) electrons. The van der Waals surface area contributed by atoms with E-state index in [1.165, 1.54) is 4.90 Å². The van der Waals surface area contributed by atoms with Gasteiger partial charge in [-0.15, -0.1) is 0 Å². The maximum atomic E-state index is 13.6. The van der Waals surface area contributed by atoms with Crippen LogP contribution in [0.1, 0.15) is 24.0 Å². The summed E-state index contributed by atoms with van der Waals surface area (Å²) in [5, 5.41) is 6.86. The van der Waals surface area contributed by atoms with Gasteiger partial charge in [-0.1, -0.05) is 42.5 Å². The van der Waals surface area contributed by atoms with Crippen LogP contribution in [0.4, 0.5) is 16.3 Å². The van der Waals surface area contributed by atoms with Gasteiger partial charge >= 0.3 is 6.09 Å². The molecule has 0 bridgehead atoms. The maximum absolute atomic E-state index is 13.6. The lowest BCUT2D eigenvalue weighted by atomic mass is 10.1. The van der Waals surface area contributed by atoms with E-state index in [1.54, 1.807) is 17.2 Å². The topological polar surface area (TPSA) is 78.5 Å². The average molecular weight is 404 g/mol. The van der Waals surface area contributed by atoms with Crippen molar-refractivity contribution in [2.24, 2.45) is 0 Å². The molecule has 2 aromatic carbocycles. The highest BCUT2D eigenvalue weighted by molar-refractivity contribution is 6.04. The van der Waals surface area contributed by atoms with Crippen molar-refractivity contribution in [2.45, 2.75) is 32.4 Å². The largest absolute Gasteiger partial charge is 0.445 e. The van der Waals surface area contributed by atoms with Gasteiger partial charge < -0.3 is 4.74 Å². The van der Waals surface area contributed by atoms with Gasteiger partial charge in [0.2, 0.25) is 0 Å². The molecule has 1 saturated heterocycles. The van der Waals surface area contributed by atoms with Gasteiger partial charge in [-0.25, -0.2) is 4.79 Å². The molecule has 30 heavy (non-hydrogen) atoms. The molecule has 1 atom stereocenters. The van der Waals surface area contributed by atoms with E-state index in [-0.39, 0.29) is 12.5 Å². The van der Waals surface area contributed by atoms with Crippen molar-refractivity contribution in [3.8, 4) is 0 Å². The number of benzene rings is 2. The number of aromatic amines is 1. The Morgan fingerprint density at radius 1 is 1.17 bits per heavy atom. The molecule has 1 unspecified atom stereocenters. The third-order valence-electron chi connectivity index (χ3n) is 5.18. The summed E-state index contributed by atoms with van der Waals surface area (Å²) < 4.78 is 5.48. The number of aromatic nitrogens is 2. The van der Waals surface area contributed by atoms with Crippen molar-refractivity contribution < 1.29 is 14.3 Å². The van der Waals surface area contributed by atoms with Crippen molar-refractivity contribution in [3.05, 3.63) is 78.0 Å². The number of carbonyl (C=O) groups is 2. The molecule has 1 N–H and O–H groups in total. The van der Waals surface area contributed by atoms with Crippen LogP contribution in [-0.4, -0.2) is 39.7 Å². The lowest BCUT2D eigenvalue weighted by Gasteiger charge is -2.29. The standard InChI is InChI=1S/C23H24N4O3/c1-17-7-5-10-19(15-17)27(21-12-13-24-25-21)22(28)20-11-6-14-26(20)23(29)30-16-18-8-3-2-4-9-18/h2-5,7-10,12-13,15,20H,6,11,14,16H2,1H3,(H,24,25). The Morgan fingerprint density at radius 2 is 2.00 bits per heavy atom. The number of aryl methyl sites for hydroxylation is 1. The van der Waals surface area contributed by atoms with Crippen molar-refractivity contribution in [3.63, 3.8) is 0 Å². The van der Waals surface area contributed by atoms with Crippen molar-refractivity contribution in [1.82, 2.24) is 15.1 Å². The Kier molecular flexibility index (Phi) is 5.79. The zero-order valence-corrected chi connectivity index (χ0v) is 16.8. The van der Waals surface area contributed by atoms with E-state index in [9.17, 15) is 9.59 Å². The van der Waals surface area contributed by atoms with Gasteiger partial charge in [-0.05, 0) is 43.0 Å². The number of ether oxygens (including phenoxy) is 1. The minimum absolute atomic E-state index is 0.180. The van der Waals surface area contributed by atoms with Crippen LogP contribution in [0, 0.1) is 6.92 Å².